The van der Waals surface area contributed by atoms with Crippen molar-refractivity contribution in [3.63, 3.8) is 0 Å². The van der Waals surface area contributed by atoms with Gasteiger partial charge in [0.15, 0.2) is 0 Å². The molecular weight excluding hydrogens is 328 g/mol. The van der Waals surface area contributed by atoms with Gasteiger partial charge in [-0.3, -0.25) is 30.4 Å². The minimum Gasteiger partial charge on any atom is -0.306 e. The number of allylic oxidation sites excluding steroid dienone is 1. The summed E-state index contributed by atoms with van der Waals surface area (Å²) in [4.78, 5) is 32.0. The maximum atomic E-state index is 12.0. The molecule has 2 rings (SSSR count). The number of benzene rings is 2. The Labute approximate surface area is 142 Å². The van der Waals surface area contributed by atoms with Gasteiger partial charge >= 0.3 is 0 Å². The second-order valence-electron chi connectivity index (χ2n) is 4.94. The number of nitro groups is 2. The molecule has 2 aromatic carbocycles. The van der Waals surface area contributed by atoms with Gasteiger partial charge in [0.05, 0.1) is 21.5 Å². The van der Waals surface area contributed by atoms with Crippen molar-refractivity contribution in [3.05, 3.63) is 92.2 Å². The number of carbonyl (C=O) groups excluding carboxylic acids is 1. The fraction of sp³-hybridized carbons (Fsp3) is 0.0625. The lowest BCUT2D eigenvalue weighted by atomic mass is 10.1. The maximum Gasteiger partial charge on any atom is 0.277 e. The Balaban J connectivity index is 1.98. The van der Waals surface area contributed by atoms with Gasteiger partial charge in [-0.25, -0.2) is 0 Å². The van der Waals surface area contributed by atoms with Gasteiger partial charge in [0.25, 0.3) is 17.3 Å². The molecule has 2 N–H and O–H groups in total. The average molecular weight is 342 g/mol. The first-order valence-electron chi connectivity index (χ1n) is 7.16. The molecule has 0 aromatic heterocycles. The first-order chi connectivity index (χ1) is 12.0. The van der Waals surface area contributed by atoms with E-state index in [4.69, 9.17) is 0 Å². The van der Waals surface area contributed by atoms with E-state index in [9.17, 15) is 25.0 Å². The third kappa shape index (κ3) is 5.13. The van der Waals surface area contributed by atoms with Crippen LogP contribution in [0.3, 0.4) is 0 Å². The van der Waals surface area contributed by atoms with Gasteiger partial charge in [0, 0.05) is 18.3 Å². The molecule has 0 heterocycles. The van der Waals surface area contributed by atoms with Crippen molar-refractivity contribution in [2.45, 2.75) is 6.42 Å². The third-order valence-electron chi connectivity index (χ3n) is 3.17. The normalized spacial score (nSPS) is 10.4. The van der Waals surface area contributed by atoms with E-state index in [1.807, 2.05) is 30.3 Å². The molecule has 0 aliphatic carbocycles. The minimum absolute atomic E-state index is 0.190. The molecule has 0 aliphatic rings. The summed E-state index contributed by atoms with van der Waals surface area (Å²) in [5.41, 5.74) is 4.67. The van der Waals surface area contributed by atoms with E-state index in [1.165, 1.54) is 6.20 Å². The quantitative estimate of drug-likeness (QED) is 0.588. The molecule has 128 valence electrons. The highest BCUT2D eigenvalue weighted by Crippen LogP contribution is 2.22. The summed E-state index contributed by atoms with van der Waals surface area (Å²) >= 11 is 0. The Morgan fingerprint density at radius 3 is 2.16 bits per heavy atom. The van der Waals surface area contributed by atoms with Crippen LogP contribution < -0.4 is 10.9 Å². The van der Waals surface area contributed by atoms with Crippen LogP contribution in [-0.4, -0.2) is 15.8 Å². The summed E-state index contributed by atoms with van der Waals surface area (Å²) in [6, 6.07) is 12.4. The third-order valence-corrected chi connectivity index (χ3v) is 3.17. The average Bonchev–Trinajstić information content (AvgIpc) is 2.61. The van der Waals surface area contributed by atoms with Crippen LogP contribution in [0.4, 0.5) is 11.4 Å². The molecule has 0 atom stereocenters. The van der Waals surface area contributed by atoms with Crippen molar-refractivity contribution in [1.82, 2.24) is 10.9 Å². The van der Waals surface area contributed by atoms with Crippen LogP contribution in [0.5, 0.6) is 0 Å². The van der Waals surface area contributed by atoms with Gasteiger partial charge in [-0.1, -0.05) is 36.4 Å². The van der Waals surface area contributed by atoms with Crippen molar-refractivity contribution in [3.8, 4) is 0 Å². The summed E-state index contributed by atoms with van der Waals surface area (Å²) in [6.07, 6.45) is 3.91. The first-order valence-corrected chi connectivity index (χ1v) is 7.16. The van der Waals surface area contributed by atoms with Crippen LogP contribution in [0.25, 0.3) is 0 Å². The van der Waals surface area contributed by atoms with Crippen molar-refractivity contribution in [2.24, 2.45) is 0 Å². The van der Waals surface area contributed by atoms with E-state index in [0.717, 1.165) is 23.8 Å². The zero-order valence-corrected chi connectivity index (χ0v) is 12.9. The molecular formula is C16H14N4O5. The summed E-state index contributed by atoms with van der Waals surface area (Å²) < 4.78 is 0. The lowest BCUT2D eigenvalue weighted by Crippen LogP contribution is -2.33. The van der Waals surface area contributed by atoms with Crippen LogP contribution >= 0.6 is 0 Å². The van der Waals surface area contributed by atoms with Crippen LogP contribution in [0.2, 0.25) is 0 Å². The summed E-state index contributed by atoms with van der Waals surface area (Å²) in [7, 11) is 0. The minimum atomic E-state index is -0.795. The molecule has 25 heavy (non-hydrogen) atoms. The highest BCUT2D eigenvalue weighted by Gasteiger charge is 2.19. The van der Waals surface area contributed by atoms with E-state index in [0.29, 0.717) is 6.42 Å². The van der Waals surface area contributed by atoms with E-state index in [-0.39, 0.29) is 5.56 Å². The molecule has 0 saturated carbocycles. The molecule has 1 amide bonds. The topological polar surface area (TPSA) is 127 Å². The molecule has 0 saturated heterocycles. The molecule has 0 unspecified atom stereocenters. The molecule has 0 aliphatic heterocycles. The van der Waals surface area contributed by atoms with E-state index in [2.05, 4.69) is 10.9 Å². The number of hydrogen-bond donors (Lipinski definition) is 2. The maximum absolute atomic E-state index is 12.0. The van der Waals surface area contributed by atoms with Crippen LogP contribution in [-0.2, 0) is 6.42 Å². The summed E-state index contributed by atoms with van der Waals surface area (Å²) in [6.45, 7) is 0. The number of rotatable bonds is 7. The van der Waals surface area contributed by atoms with Gasteiger partial charge < -0.3 is 5.43 Å². The highest BCUT2D eigenvalue weighted by atomic mass is 16.6. The van der Waals surface area contributed by atoms with Crippen LogP contribution in [0.1, 0.15) is 15.9 Å². The SMILES string of the molecule is O=C(NNC=CCc1ccccc1)c1cc([N+](=O)[O-])cc([N+](=O)[O-])c1. The fourth-order valence-electron chi connectivity index (χ4n) is 1.98. The zero-order valence-electron chi connectivity index (χ0n) is 12.9. The second kappa shape index (κ2) is 8.20. The smallest absolute Gasteiger partial charge is 0.277 e. The van der Waals surface area contributed by atoms with Crippen LogP contribution in [0, 0.1) is 20.2 Å². The van der Waals surface area contributed by atoms with Crippen molar-refractivity contribution in [1.29, 1.82) is 0 Å². The monoisotopic (exact) mass is 342 g/mol. The van der Waals surface area contributed by atoms with Crippen molar-refractivity contribution < 1.29 is 14.6 Å². The Bertz CT molecular complexity index is 788. The number of hydrogen-bond acceptors (Lipinski definition) is 6. The number of carbonyl (C=O) groups is 1. The summed E-state index contributed by atoms with van der Waals surface area (Å²) in [5.74, 6) is -0.726. The zero-order chi connectivity index (χ0) is 18.2. The number of nitro benzene ring substituents is 2. The number of hydrazine groups is 1. The molecule has 0 spiro atoms. The number of nitrogens with one attached hydrogen (secondary N) is 2. The lowest BCUT2D eigenvalue weighted by Gasteiger charge is -2.04. The number of non-ortho nitro benzene ring substituents is 2. The van der Waals surface area contributed by atoms with Gasteiger partial charge in [-0.05, 0) is 12.0 Å². The fourth-order valence-corrected chi connectivity index (χ4v) is 1.98. The lowest BCUT2D eigenvalue weighted by molar-refractivity contribution is -0.394. The van der Waals surface area contributed by atoms with Crippen LogP contribution in [0.15, 0.2) is 60.8 Å². The highest BCUT2D eigenvalue weighted by molar-refractivity contribution is 5.95. The predicted molar refractivity (Wildman–Crippen MR) is 89.6 cm³/mol. The molecule has 0 radical (unpaired) electrons. The molecule has 9 nitrogen and oxygen atoms in total. The van der Waals surface area contributed by atoms with Gasteiger partial charge in [-0.15, -0.1) is 0 Å². The van der Waals surface area contributed by atoms with Gasteiger partial charge in [-0.2, -0.15) is 0 Å². The Hall–Kier alpha value is -3.75. The number of amides is 1. The molecule has 2 aromatic rings. The predicted octanol–water partition coefficient (Wildman–Crippen LogP) is 2.49. The summed E-state index contributed by atoms with van der Waals surface area (Å²) in [5, 5.41) is 21.6. The van der Waals surface area contributed by atoms with E-state index in [1.54, 1.807) is 6.08 Å². The van der Waals surface area contributed by atoms with Gasteiger partial charge in [0.2, 0.25) is 0 Å². The standard InChI is InChI=1S/C16H14N4O5/c21-16(18-17-8-4-7-12-5-2-1-3-6-12)13-9-14(19(22)23)11-15(10-13)20(24)25/h1-6,8-11,17H,7H2,(H,18,21). The Morgan fingerprint density at radius 2 is 1.60 bits per heavy atom. The van der Waals surface area contributed by atoms with E-state index < -0.39 is 27.1 Å². The number of nitrogens with zero attached hydrogens (tertiary/aromatic N) is 2. The van der Waals surface area contributed by atoms with E-state index >= 15 is 0 Å². The van der Waals surface area contributed by atoms with Gasteiger partial charge in [0.1, 0.15) is 0 Å². The Morgan fingerprint density at radius 1 is 1.00 bits per heavy atom. The molecule has 0 bridgehead atoms. The molecule has 0 fully saturated rings. The van der Waals surface area contributed by atoms with Crippen molar-refractivity contribution >= 4 is 17.3 Å². The Kier molecular flexibility index (Phi) is 5.77. The van der Waals surface area contributed by atoms with Crippen molar-refractivity contribution in [2.75, 3.05) is 0 Å². The second-order valence-corrected chi connectivity index (χ2v) is 4.94. The molecule has 9 heteroatoms. The largest absolute Gasteiger partial charge is 0.306 e. The first kappa shape index (κ1) is 17.6.